The van der Waals surface area contributed by atoms with Gasteiger partial charge in [0.1, 0.15) is 0 Å². The van der Waals surface area contributed by atoms with Crippen molar-refractivity contribution in [3.05, 3.63) is 41.0 Å². The van der Waals surface area contributed by atoms with Gasteiger partial charge in [0.15, 0.2) is 0 Å². The molecule has 0 saturated heterocycles. The molecular weight excluding hydrogens is 326 g/mol. The van der Waals surface area contributed by atoms with Crippen molar-refractivity contribution in [1.82, 2.24) is 4.72 Å². The molecule has 0 amide bonds. The van der Waals surface area contributed by atoms with Gasteiger partial charge in [-0.15, -0.1) is 0 Å². The van der Waals surface area contributed by atoms with Crippen LogP contribution in [0, 0.1) is 26.7 Å². The minimum Gasteiger partial charge on any atom is -0.463 e. The molecule has 1 aromatic rings. The largest absolute Gasteiger partial charge is 0.463 e. The lowest BCUT2D eigenvalue weighted by molar-refractivity contribution is -0.137. The predicted octanol–water partition coefficient (Wildman–Crippen LogP) is 3.03. The van der Waals surface area contributed by atoms with Crippen molar-refractivity contribution in [2.75, 3.05) is 6.61 Å². The Morgan fingerprint density at radius 1 is 1.21 bits per heavy atom. The lowest BCUT2D eigenvalue weighted by atomic mass is 10.1. The summed E-state index contributed by atoms with van der Waals surface area (Å²) in [5.41, 5.74) is 2.43. The van der Waals surface area contributed by atoms with Crippen molar-refractivity contribution in [1.29, 1.82) is 0 Å². The normalized spacial score (nSPS) is 13.5. The number of ether oxygens (including phenoxy) is 1. The average molecular weight is 353 g/mol. The molecule has 0 saturated carbocycles. The fourth-order valence-corrected chi connectivity index (χ4v) is 4.39. The molecule has 0 aliphatic carbocycles. The Labute approximate surface area is 145 Å². The van der Waals surface area contributed by atoms with Crippen molar-refractivity contribution >= 4 is 16.0 Å². The van der Waals surface area contributed by atoms with E-state index in [1.807, 2.05) is 32.9 Å². The summed E-state index contributed by atoms with van der Waals surface area (Å²) in [5.74, 6) is -0.499. The molecule has 0 aliphatic heterocycles. The second-order valence-electron chi connectivity index (χ2n) is 6.23. The maximum atomic E-state index is 12.8. The Bertz CT molecular complexity index is 698. The third kappa shape index (κ3) is 5.46. The number of hydrogen-bond acceptors (Lipinski definition) is 4. The van der Waals surface area contributed by atoms with E-state index in [-0.39, 0.29) is 12.5 Å². The molecule has 1 aromatic carbocycles. The summed E-state index contributed by atoms with van der Waals surface area (Å²) in [7, 11) is -3.70. The number of esters is 1. The van der Waals surface area contributed by atoms with Crippen LogP contribution in [0.5, 0.6) is 0 Å². The van der Waals surface area contributed by atoms with E-state index >= 15 is 0 Å². The molecule has 134 valence electrons. The third-order valence-electron chi connectivity index (χ3n) is 3.61. The van der Waals surface area contributed by atoms with Crippen molar-refractivity contribution in [3.8, 4) is 0 Å². The fourth-order valence-electron chi connectivity index (χ4n) is 2.60. The topological polar surface area (TPSA) is 72.5 Å². The zero-order chi connectivity index (χ0) is 18.5. The number of rotatable bonds is 7. The summed E-state index contributed by atoms with van der Waals surface area (Å²) in [4.78, 5) is 11.8. The molecule has 0 radical (unpaired) electrons. The van der Waals surface area contributed by atoms with Gasteiger partial charge in [-0.2, -0.15) is 0 Å². The van der Waals surface area contributed by atoms with Crippen molar-refractivity contribution in [2.24, 2.45) is 5.92 Å². The van der Waals surface area contributed by atoms with Gasteiger partial charge in [-0.3, -0.25) is 0 Å². The summed E-state index contributed by atoms with van der Waals surface area (Å²) in [6.45, 7) is 11.3. The van der Waals surface area contributed by atoms with Crippen LogP contribution in [-0.2, 0) is 19.6 Å². The molecule has 0 fully saturated rings. The van der Waals surface area contributed by atoms with Crippen LogP contribution in [0.25, 0.3) is 0 Å². The summed E-state index contributed by atoms with van der Waals surface area (Å²) in [5, 5.41) is 0. The highest BCUT2D eigenvalue weighted by Crippen LogP contribution is 2.22. The van der Waals surface area contributed by atoms with E-state index in [1.54, 1.807) is 26.8 Å². The van der Waals surface area contributed by atoms with Crippen LogP contribution < -0.4 is 4.72 Å². The van der Waals surface area contributed by atoms with Gasteiger partial charge in [-0.1, -0.05) is 37.6 Å². The van der Waals surface area contributed by atoms with Crippen LogP contribution in [0.2, 0.25) is 0 Å². The second kappa shape index (κ2) is 8.44. The summed E-state index contributed by atoms with van der Waals surface area (Å²) >= 11 is 0. The minimum atomic E-state index is -3.70. The molecule has 0 heterocycles. The van der Waals surface area contributed by atoms with E-state index in [4.69, 9.17) is 4.74 Å². The first-order chi connectivity index (χ1) is 11.1. The zero-order valence-corrected chi connectivity index (χ0v) is 16.0. The molecule has 0 spiro atoms. The number of aryl methyl sites for hydroxylation is 3. The number of sulfonamides is 1. The predicted molar refractivity (Wildman–Crippen MR) is 95.4 cm³/mol. The molecule has 5 nitrogen and oxygen atoms in total. The number of hydrogen-bond donors (Lipinski definition) is 1. The van der Waals surface area contributed by atoms with E-state index < -0.39 is 22.0 Å². The molecule has 1 rings (SSSR count). The Morgan fingerprint density at radius 2 is 1.75 bits per heavy atom. The van der Waals surface area contributed by atoms with Gasteiger partial charge in [0.05, 0.1) is 11.5 Å². The Hall–Kier alpha value is -1.66. The highest BCUT2D eigenvalue weighted by atomic mass is 32.2. The van der Waals surface area contributed by atoms with Crippen LogP contribution in [0.4, 0.5) is 0 Å². The van der Waals surface area contributed by atoms with E-state index in [9.17, 15) is 13.2 Å². The van der Waals surface area contributed by atoms with Crippen LogP contribution in [0.3, 0.4) is 0 Å². The quantitative estimate of drug-likeness (QED) is 0.604. The summed E-state index contributed by atoms with van der Waals surface area (Å²) in [6, 6.07) is 3.19. The SMILES string of the molecule is CCOC(=O)/C=C/C(NS(=O)(=O)c1c(C)cc(C)cc1C)C(C)C. The molecule has 1 unspecified atom stereocenters. The highest BCUT2D eigenvalue weighted by molar-refractivity contribution is 7.89. The van der Waals surface area contributed by atoms with Gasteiger partial charge < -0.3 is 4.74 Å². The van der Waals surface area contributed by atoms with E-state index in [0.717, 1.165) is 5.56 Å². The molecule has 1 N–H and O–H groups in total. The summed E-state index contributed by atoms with van der Waals surface area (Å²) < 4.78 is 33.1. The molecule has 6 heteroatoms. The number of nitrogens with one attached hydrogen (secondary N) is 1. The van der Waals surface area contributed by atoms with Gasteiger partial charge in [-0.05, 0) is 44.7 Å². The first kappa shape index (κ1) is 20.4. The third-order valence-corrected chi connectivity index (χ3v) is 5.37. The van der Waals surface area contributed by atoms with E-state index in [1.165, 1.54) is 6.08 Å². The minimum absolute atomic E-state index is 0.0171. The standard InChI is InChI=1S/C18H27NO4S/c1-7-23-17(20)9-8-16(12(2)3)19-24(21,22)18-14(5)10-13(4)11-15(18)6/h8-12,16,19H,7H2,1-6H3/b9-8+. The Morgan fingerprint density at radius 3 is 2.21 bits per heavy atom. The zero-order valence-electron chi connectivity index (χ0n) is 15.2. The van der Waals surface area contributed by atoms with E-state index in [2.05, 4.69) is 4.72 Å². The van der Waals surface area contributed by atoms with Crippen LogP contribution in [0.1, 0.15) is 37.5 Å². The lowest BCUT2D eigenvalue weighted by Gasteiger charge is -2.21. The molecule has 0 aromatic heterocycles. The monoisotopic (exact) mass is 353 g/mol. The maximum absolute atomic E-state index is 12.8. The number of carbonyl (C=O) groups is 1. The van der Waals surface area contributed by atoms with Gasteiger partial charge in [0.2, 0.25) is 10.0 Å². The van der Waals surface area contributed by atoms with Crippen molar-refractivity contribution < 1.29 is 17.9 Å². The highest BCUT2D eigenvalue weighted by Gasteiger charge is 2.24. The molecule has 1 atom stereocenters. The molecule has 24 heavy (non-hydrogen) atoms. The van der Waals surface area contributed by atoms with Gasteiger partial charge in [-0.25, -0.2) is 17.9 Å². The average Bonchev–Trinajstić information content (AvgIpc) is 2.41. The van der Waals surface area contributed by atoms with Crippen molar-refractivity contribution in [2.45, 2.75) is 52.5 Å². The molecular formula is C18H27NO4S. The summed E-state index contributed by atoms with van der Waals surface area (Å²) in [6.07, 6.45) is 2.81. The van der Waals surface area contributed by atoms with Crippen molar-refractivity contribution in [3.63, 3.8) is 0 Å². The maximum Gasteiger partial charge on any atom is 0.330 e. The van der Waals surface area contributed by atoms with Gasteiger partial charge in [0.25, 0.3) is 0 Å². The fraction of sp³-hybridized carbons (Fsp3) is 0.500. The number of benzene rings is 1. The van der Waals surface area contributed by atoms with E-state index in [0.29, 0.717) is 16.0 Å². The first-order valence-corrected chi connectivity index (χ1v) is 9.52. The Balaban J connectivity index is 3.12. The molecule has 0 aliphatic rings. The molecule has 0 bridgehead atoms. The number of carbonyl (C=O) groups excluding carboxylic acids is 1. The second-order valence-corrected chi connectivity index (χ2v) is 7.88. The van der Waals surface area contributed by atoms with Crippen LogP contribution in [-0.4, -0.2) is 27.0 Å². The first-order valence-electron chi connectivity index (χ1n) is 8.03. The van der Waals surface area contributed by atoms with Crippen LogP contribution >= 0.6 is 0 Å². The smallest absolute Gasteiger partial charge is 0.330 e. The Kier molecular flexibility index (Phi) is 7.17. The lowest BCUT2D eigenvalue weighted by Crippen LogP contribution is -2.37. The van der Waals surface area contributed by atoms with Crippen LogP contribution in [0.15, 0.2) is 29.2 Å². The van der Waals surface area contributed by atoms with Gasteiger partial charge in [0, 0.05) is 12.1 Å². The van der Waals surface area contributed by atoms with Gasteiger partial charge >= 0.3 is 5.97 Å².